The Bertz CT molecular complexity index is 1200. The zero-order valence-corrected chi connectivity index (χ0v) is 17.4. The van der Waals surface area contributed by atoms with Gasteiger partial charge in [0.05, 0.1) is 24.1 Å². The molecule has 0 radical (unpaired) electrons. The van der Waals surface area contributed by atoms with E-state index in [4.69, 9.17) is 9.72 Å². The maximum absolute atomic E-state index is 13.1. The monoisotopic (exact) mass is 420 g/mol. The molecule has 4 aromatic rings. The molecule has 152 valence electrons. The summed E-state index contributed by atoms with van der Waals surface area (Å²) in [5, 5.41) is 1.26. The van der Waals surface area contributed by atoms with Crippen LogP contribution >= 0.6 is 11.8 Å². The van der Waals surface area contributed by atoms with Gasteiger partial charge in [-0.2, -0.15) is 0 Å². The molecule has 0 unspecified atom stereocenters. The first-order valence-electron chi connectivity index (χ1n) is 9.66. The van der Waals surface area contributed by atoms with Gasteiger partial charge in [0, 0.05) is 5.75 Å². The van der Waals surface area contributed by atoms with E-state index in [0.717, 1.165) is 5.56 Å². The molecule has 0 fully saturated rings. The van der Waals surface area contributed by atoms with Crippen molar-refractivity contribution in [1.82, 2.24) is 9.55 Å². The zero-order valence-electron chi connectivity index (χ0n) is 16.5. The maximum atomic E-state index is 13.1. The Hall–Kier alpha value is -3.12. The van der Waals surface area contributed by atoms with Gasteiger partial charge in [-0.1, -0.05) is 53.7 Å². The Morgan fingerprint density at radius 3 is 2.50 bits per heavy atom. The average molecular weight is 421 g/mol. The molecule has 3 aromatic carbocycles. The van der Waals surface area contributed by atoms with Gasteiger partial charge >= 0.3 is 0 Å². The minimum absolute atomic E-state index is 0.0527. The van der Waals surface area contributed by atoms with Gasteiger partial charge < -0.3 is 4.74 Å². The van der Waals surface area contributed by atoms with E-state index in [0.29, 0.717) is 40.7 Å². The molecular formula is C24H21FN2O2S. The normalized spacial score (nSPS) is 11.0. The first kappa shape index (κ1) is 20.2. The topological polar surface area (TPSA) is 44.1 Å². The van der Waals surface area contributed by atoms with Crippen molar-refractivity contribution in [1.29, 1.82) is 0 Å². The SMILES string of the molecule is Cc1ccc(Cn2c(SCCOc3ccc(F)cc3)nc3ccccc3c2=O)cc1. The maximum Gasteiger partial charge on any atom is 0.262 e. The van der Waals surface area contributed by atoms with Gasteiger partial charge in [-0.25, -0.2) is 9.37 Å². The standard InChI is InChI=1S/C24H21FN2O2S/c1-17-6-8-18(9-7-17)16-27-23(28)21-4-2-3-5-22(21)26-24(27)30-15-14-29-20-12-10-19(25)11-13-20/h2-13H,14-16H2,1H3. The molecule has 0 atom stereocenters. The van der Waals surface area contributed by atoms with E-state index in [1.807, 2.05) is 55.5 Å². The third-order valence-electron chi connectivity index (χ3n) is 4.68. The number of rotatable bonds is 7. The van der Waals surface area contributed by atoms with Crippen molar-refractivity contribution in [3.05, 3.63) is 100 Å². The quantitative estimate of drug-likeness (QED) is 0.238. The second-order valence-corrected chi connectivity index (χ2v) is 8.00. The number of thioether (sulfide) groups is 1. The van der Waals surface area contributed by atoms with Crippen molar-refractivity contribution in [3.8, 4) is 5.75 Å². The fraction of sp³-hybridized carbons (Fsp3) is 0.167. The predicted molar refractivity (Wildman–Crippen MR) is 119 cm³/mol. The zero-order chi connectivity index (χ0) is 20.9. The Labute approximate surface area is 178 Å². The Balaban J connectivity index is 1.56. The molecule has 0 amide bonds. The summed E-state index contributed by atoms with van der Waals surface area (Å²) >= 11 is 1.47. The lowest BCUT2D eigenvalue weighted by Crippen LogP contribution is -2.24. The number of hydrogen-bond acceptors (Lipinski definition) is 4. The third kappa shape index (κ3) is 4.71. The van der Waals surface area contributed by atoms with E-state index in [1.165, 1.54) is 29.5 Å². The molecule has 1 aromatic heterocycles. The van der Waals surface area contributed by atoms with Gasteiger partial charge in [0.15, 0.2) is 5.16 Å². The number of aromatic nitrogens is 2. The summed E-state index contributed by atoms with van der Waals surface area (Å²) in [6, 6.07) is 21.5. The van der Waals surface area contributed by atoms with Crippen molar-refractivity contribution in [2.45, 2.75) is 18.6 Å². The molecule has 6 heteroatoms. The number of halogens is 1. The molecule has 4 nitrogen and oxygen atoms in total. The van der Waals surface area contributed by atoms with Crippen molar-refractivity contribution in [3.63, 3.8) is 0 Å². The van der Waals surface area contributed by atoms with Crippen LogP contribution in [-0.4, -0.2) is 21.9 Å². The van der Waals surface area contributed by atoms with Gasteiger partial charge in [0.1, 0.15) is 11.6 Å². The van der Waals surface area contributed by atoms with Crippen LogP contribution in [0.2, 0.25) is 0 Å². The molecule has 0 spiro atoms. The summed E-state index contributed by atoms with van der Waals surface area (Å²) in [5.74, 6) is 0.925. The number of para-hydroxylation sites is 1. The van der Waals surface area contributed by atoms with Crippen LogP contribution in [0.4, 0.5) is 4.39 Å². The van der Waals surface area contributed by atoms with Crippen LogP contribution in [-0.2, 0) is 6.54 Å². The van der Waals surface area contributed by atoms with Gasteiger partial charge in [0.2, 0.25) is 0 Å². The van der Waals surface area contributed by atoms with Crippen LogP contribution in [0, 0.1) is 12.7 Å². The van der Waals surface area contributed by atoms with Crippen LogP contribution in [0.3, 0.4) is 0 Å². The van der Waals surface area contributed by atoms with E-state index in [2.05, 4.69) is 0 Å². The molecule has 30 heavy (non-hydrogen) atoms. The van der Waals surface area contributed by atoms with E-state index in [9.17, 15) is 9.18 Å². The molecule has 0 saturated heterocycles. The van der Waals surface area contributed by atoms with Crippen molar-refractivity contribution >= 4 is 22.7 Å². The van der Waals surface area contributed by atoms with E-state index in [-0.39, 0.29) is 11.4 Å². The summed E-state index contributed by atoms with van der Waals surface area (Å²) in [5.41, 5.74) is 2.85. The molecule has 0 aliphatic rings. The molecule has 4 rings (SSSR count). The van der Waals surface area contributed by atoms with Gasteiger partial charge in [-0.15, -0.1) is 0 Å². The summed E-state index contributed by atoms with van der Waals surface area (Å²) in [7, 11) is 0. The molecule has 0 aliphatic carbocycles. The fourth-order valence-corrected chi connectivity index (χ4v) is 3.91. The highest BCUT2D eigenvalue weighted by atomic mass is 32.2. The second-order valence-electron chi connectivity index (χ2n) is 6.94. The summed E-state index contributed by atoms with van der Waals surface area (Å²) < 4.78 is 20.4. The number of hydrogen-bond donors (Lipinski definition) is 0. The molecule has 0 aliphatic heterocycles. The van der Waals surface area contributed by atoms with Crippen LogP contribution in [0.15, 0.2) is 82.7 Å². The smallest absolute Gasteiger partial charge is 0.262 e. The number of ether oxygens (including phenoxy) is 1. The number of benzene rings is 3. The summed E-state index contributed by atoms with van der Waals surface area (Å²) in [6.45, 7) is 2.91. The van der Waals surface area contributed by atoms with Gasteiger partial charge in [0.25, 0.3) is 5.56 Å². The highest BCUT2D eigenvalue weighted by Crippen LogP contribution is 2.20. The number of nitrogens with zero attached hydrogens (tertiary/aromatic N) is 2. The molecular weight excluding hydrogens is 399 g/mol. The molecule has 0 bridgehead atoms. The molecule has 0 saturated carbocycles. The summed E-state index contributed by atoms with van der Waals surface area (Å²) in [6.07, 6.45) is 0. The summed E-state index contributed by atoms with van der Waals surface area (Å²) in [4.78, 5) is 17.9. The second kappa shape index (κ2) is 9.13. The largest absolute Gasteiger partial charge is 0.493 e. The predicted octanol–water partition coefficient (Wildman–Crippen LogP) is 5.06. The van der Waals surface area contributed by atoms with Crippen LogP contribution in [0.5, 0.6) is 5.75 Å². The van der Waals surface area contributed by atoms with E-state index < -0.39 is 0 Å². The molecule has 1 heterocycles. The average Bonchev–Trinajstić information content (AvgIpc) is 2.76. The minimum atomic E-state index is -0.294. The van der Waals surface area contributed by atoms with Crippen molar-refractivity contribution in [2.24, 2.45) is 0 Å². The van der Waals surface area contributed by atoms with E-state index in [1.54, 1.807) is 16.7 Å². The number of aryl methyl sites for hydroxylation is 1. The number of fused-ring (bicyclic) bond motifs is 1. The van der Waals surface area contributed by atoms with Crippen LogP contribution < -0.4 is 10.3 Å². The van der Waals surface area contributed by atoms with Gasteiger partial charge in [-0.05, 0) is 48.9 Å². The Morgan fingerprint density at radius 1 is 1.00 bits per heavy atom. The van der Waals surface area contributed by atoms with Crippen LogP contribution in [0.25, 0.3) is 10.9 Å². The lowest BCUT2D eigenvalue weighted by Gasteiger charge is -2.14. The first-order chi connectivity index (χ1) is 14.6. The van der Waals surface area contributed by atoms with Crippen molar-refractivity contribution in [2.75, 3.05) is 12.4 Å². The minimum Gasteiger partial charge on any atom is -0.493 e. The highest BCUT2D eigenvalue weighted by Gasteiger charge is 2.12. The lowest BCUT2D eigenvalue weighted by atomic mass is 10.1. The fourth-order valence-electron chi connectivity index (χ4n) is 3.10. The molecule has 0 N–H and O–H groups in total. The van der Waals surface area contributed by atoms with E-state index >= 15 is 0 Å². The highest BCUT2D eigenvalue weighted by molar-refractivity contribution is 7.99. The third-order valence-corrected chi connectivity index (χ3v) is 5.63. The van der Waals surface area contributed by atoms with Gasteiger partial charge in [-0.3, -0.25) is 9.36 Å². The Morgan fingerprint density at radius 2 is 1.73 bits per heavy atom. The first-order valence-corrected chi connectivity index (χ1v) is 10.6. The lowest BCUT2D eigenvalue weighted by molar-refractivity contribution is 0.343. The van der Waals surface area contributed by atoms with Crippen molar-refractivity contribution < 1.29 is 9.13 Å². The van der Waals surface area contributed by atoms with Crippen LogP contribution in [0.1, 0.15) is 11.1 Å². The Kier molecular flexibility index (Phi) is 6.14.